The van der Waals surface area contributed by atoms with E-state index in [1.165, 1.54) is 109 Å². The Bertz CT molecular complexity index is 2900. The molecule has 1 heterocycles. The van der Waals surface area contributed by atoms with Crippen molar-refractivity contribution in [2.75, 3.05) is 4.90 Å². The van der Waals surface area contributed by atoms with Gasteiger partial charge in [0.2, 0.25) is 0 Å². The maximum atomic E-state index is 2.48. The van der Waals surface area contributed by atoms with E-state index in [9.17, 15) is 0 Å². The highest BCUT2D eigenvalue weighted by Crippen LogP contribution is 2.46. The maximum Gasteiger partial charge on any atom is 0.0547 e. The van der Waals surface area contributed by atoms with E-state index in [-0.39, 0.29) is 5.41 Å². The van der Waals surface area contributed by atoms with E-state index >= 15 is 0 Å². The molecule has 0 atom stereocenters. The van der Waals surface area contributed by atoms with E-state index in [0.717, 1.165) is 11.4 Å². The van der Waals surface area contributed by atoms with Gasteiger partial charge in [0, 0.05) is 33.4 Å². The molecule has 8 aromatic carbocycles. The number of hydrogen-bond donors (Lipinski definition) is 0. The minimum absolute atomic E-state index is 0.0561. The molecule has 0 saturated heterocycles. The zero-order valence-electron chi connectivity index (χ0n) is 33.8. The van der Waals surface area contributed by atoms with Crippen molar-refractivity contribution in [3.63, 3.8) is 0 Å². The zero-order chi connectivity index (χ0) is 39.2. The van der Waals surface area contributed by atoms with Crippen LogP contribution in [-0.2, 0) is 5.41 Å². The van der Waals surface area contributed by atoms with E-state index in [0.29, 0.717) is 5.92 Å². The third kappa shape index (κ3) is 6.47. The van der Waals surface area contributed by atoms with Crippen LogP contribution in [0.3, 0.4) is 0 Å². The fraction of sp³-hybridized carbons (Fsp3) is 0.179. The minimum atomic E-state index is 0.0561. The number of hydrogen-bond acceptors (Lipinski definition) is 1. The lowest BCUT2D eigenvalue weighted by molar-refractivity contribution is 0.445. The topological polar surface area (TPSA) is 8.17 Å². The van der Waals surface area contributed by atoms with Crippen LogP contribution in [-0.4, -0.2) is 4.57 Å². The average molecular weight is 751 g/mol. The molecule has 0 bridgehead atoms. The van der Waals surface area contributed by atoms with Crippen molar-refractivity contribution in [2.45, 2.75) is 64.2 Å². The van der Waals surface area contributed by atoms with E-state index < -0.39 is 0 Å². The molecule has 10 rings (SSSR count). The molecule has 58 heavy (non-hydrogen) atoms. The van der Waals surface area contributed by atoms with Crippen LogP contribution < -0.4 is 4.90 Å². The third-order valence-electron chi connectivity index (χ3n) is 12.5. The standard InChI is InChI=1S/C56H50N2/c1-56(2,3)43-32-34-45(35-33-43)57(52-29-12-11-26-49(52)51-28-16-20-40-19-15-27-47(55(40)51)39-17-6-4-7-18-39)46-24-14-21-41(37-46)42-31-36-50-48-25-10-13-30-53(48)58(54(50)38-42)44-22-8-5-9-23-44/h5,8-16,19-39H,4,6-7,17-18H2,1-3H3. The molecule has 0 aliphatic heterocycles. The number of anilines is 3. The Morgan fingerprint density at radius 3 is 1.98 bits per heavy atom. The third-order valence-corrected chi connectivity index (χ3v) is 12.5. The number of nitrogens with zero attached hydrogens (tertiary/aromatic N) is 2. The summed E-state index contributed by atoms with van der Waals surface area (Å²) in [6.07, 6.45) is 6.52. The van der Waals surface area contributed by atoms with Crippen LogP contribution in [0.2, 0.25) is 0 Å². The van der Waals surface area contributed by atoms with Gasteiger partial charge in [-0.25, -0.2) is 0 Å². The molecular formula is C56H50N2. The largest absolute Gasteiger partial charge is 0.310 e. The molecule has 2 heteroatoms. The molecule has 1 saturated carbocycles. The van der Waals surface area contributed by atoms with E-state index in [1.807, 2.05) is 0 Å². The summed E-state index contributed by atoms with van der Waals surface area (Å²) in [6.45, 7) is 6.87. The van der Waals surface area contributed by atoms with Gasteiger partial charge in [-0.3, -0.25) is 0 Å². The smallest absolute Gasteiger partial charge is 0.0547 e. The summed E-state index contributed by atoms with van der Waals surface area (Å²) in [5.74, 6) is 0.599. The van der Waals surface area contributed by atoms with Gasteiger partial charge in [0.1, 0.15) is 0 Å². The van der Waals surface area contributed by atoms with Crippen LogP contribution >= 0.6 is 0 Å². The molecule has 1 aromatic heterocycles. The van der Waals surface area contributed by atoms with E-state index in [2.05, 4.69) is 212 Å². The number of benzene rings is 8. The van der Waals surface area contributed by atoms with Gasteiger partial charge in [0.15, 0.2) is 0 Å². The number of rotatable bonds is 7. The van der Waals surface area contributed by atoms with Gasteiger partial charge in [-0.2, -0.15) is 0 Å². The van der Waals surface area contributed by atoms with Crippen LogP contribution in [0.5, 0.6) is 0 Å². The fourth-order valence-electron chi connectivity index (χ4n) is 9.61. The molecule has 0 amide bonds. The first-order chi connectivity index (χ1) is 28.4. The summed E-state index contributed by atoms with van der Waals surface area (Å²) in [7, 11) is 0. The first kappa shape index (κ1) is 36.0. The highest BCUT2D eigenvalue weighted by atomic mass is 15.1. The predicted molar refractivity (Wildman–Crippen MR) is 248 cm³/mol. The lowest BCUT2D eigenvalue weighted by Crippen LogP contribution is -2.14. The first-order valence-corrected chi connectivity index (χ1v) is 21.1. The summed E-state index contributed by atoms with van der Waals surface area (Å²) >= 11 is 0. The number of fused-ring (bicyclic) bond motifs is 4. The molecule has 0 unspecified atom stereocenters. The van der Waals surface area contributed by atoms with Gasteiger partial charge in [-0.15, -0.1) is 0 Å². The molecule has 284 valence electrons. The molecule has 0 spiro atoms. The van der Waals surface area contributed by atoms with Crippen LogP contribution in [0.15, 0.2) is 182 Å². The van der Waals surface area contributed by atoms with Gasteiger partial charge in [-0.05, 0) is 117 Å². The van der Waals surface area contributed by atoms with Crippen molar-refractivity contribution in [1.29, 1.82) is 0 Å². The number of para-hydroxylation sites is 3. The molecule has 0 N–H and O–H groups in total. The van der Waals surface area contributed by atoms with Crippen LogP contribution in [0.1, 0.15) is 69.9 Å². The second-order valence-corrected chi connectivity index (χ2v) is 17.2. The quantitative estimate of drug-likeness (QED) is 0.157. The van der Waals surface area contributed by atoms with Crippen molar-refractivity contribution >= 4 is 49.6 Å². The lowest BCUT2D eigenvalue weighted by Gasteiger charge is -2.30. The van der Waals surface area contributed by atoms with Gasteiger partial charge < -0.3 is 9.47 Å². The maximum absolute atomic E-state index is 2.48. The predicted octanol–water partition coefficient (Wildman–Crippen LogP) is 16.1. The van der Waals surface area contributed by atoms with Gasteiger partial charge in [0.05, 0.1) is 16.7 Å². The number of aromatic nitrogens is 1. The highest BCUT2D eigenvalue weighted by Gasteiger charge is 2.24. The van der Waals surface area contributed by atoms with Gasteiger partial charge in [0.25, 0.3) is 0 Å². The van der Waals surface area contributed by atoms with Crippen molar-refractivity contribution in [1.82, 2.24) is 4.57 Å². The molecule has 1 aliphatic carbocycles. The van der Waals surface area contributed by atoms with Crippen LogP contribution in [0.25, 0.3) is 60.5 Å². The molecular weight excluding hydrogens is 701 g/mol. The Labute approximate surface area is 343 Å². The van der Waals surface area contributed by atoms with E-state index in [1.54, 1.807) is 0 Å². The molecule has 0 radical (unpaired) electrons. The Kier molecular flexibility index (Phi) is 9.21. The summed E-state index contributed by atoms with van der Waals surface area (Å²) in [5, 5.41) is 5.25. The zero-order valence-corrected chi connectivity index (χ0v) is 33.8. The Hall–Kier alpha value is -6.38. The minimum Gasteiger partial charge on any atom is -0.310 e. The average Bonchev–Trinajstić information content (AvgIpc) is 3.60. The summed E-state index contributed by atoms with van der Waals surface area (Å²) in [6, 6.07) is 67.8. The molecule has 1 aliphatic rings. The van der Waals surface area contributed by atoms with Gasteiger partial charge in [-0.1, -0.05) is 167 Å². The van der Waals surface area contributed by atoms with E-state index in [4.69, 9.17) is 0 Å². The van der Waals surface area contributed by atoms with Crippen molar-refractivity contribution in [2.24, 2.45) is 0 Å². The summed E-state index contributed by atoms with van der Waals surface area (Å²) < 4.78 is 2.41. The van der Waals surface area contributed by atoms with Crippen LogP contribution in [0.4, 0.5) is 17.1 Å². The second-order valence-electron chi connectivity index (χ2n) is 17.2. The van der Waals surface area contributed by atoms with Crippen molar-refractivity contribution < 1.29 is 0 Å². The first-order valence-electron chi connectivity index (χ1n) is 21.1. The SMILES string of the molecule is CC(C)(C)c1ccc(N(c2cccc(-c3ccc4c5ccccc5n(-c5ccccc5)c4c3)c2)c2ccccc2-c2cccc3cccc(C4CCCCC4)c23)cc1. The fourth-order valence-corrected chi connectivity index (χ4v) is 9.61. The summed E-state index contributed by atoms with van der Waals surface area (Å²) in [5.41, 5.74) is 14.9. The Balaban J connectivity index is 1.16. The lowest BCUT2D eigenvalue weighted by atomic mass is 9.80. The molecule has 9 aromatic rings. The van der Waals surface area contributed by atoms with Crippen molar-refractivity contribution in [3.8, 4) is 27.9 Å². The monoisotopic (exact) mass is 750 g/mol. The highest BCUT2D eigenvalue weighted by molar-refractivity contribution is 6.10. The molecule has 2 nitrogen and oxygen atoms in total. The van der Waals surface area contributed by atoms with Crippen LogP contribution in [0, 0.1) is 0 Å². The summed E-state index contributed by atoms with van der Waals surface area (Å²) in [4.78, 5) is 2.48. The Morgan fingerprint density at radius 1 is 0.500 bits per heavy atom. The Morgan fingerprint density at radius 2 is 1.17 bits per heavy atom. The molecule has 1 fully saturated rings. The van der Waals surface area contributed by atoms with Gasteiger partial charge >= 0.3 is 0 Å². The normalized spacial score (nSPS) is 13.7. The van der Waals surface area contributed by atoms with Crippen molar-refractivity contribution in [3.05, 3.63) is 193 Å². The second kappa shape index (κ2) is 14.8.